The van der Waals surface area contributed by atoms with Crippen LogP contribution in [-0.4, -0.2) is 12.0 Å². The fraction of sp³-hybridized carbons (Fsp3) is 0.125. The maximum Gasteiger partial charge on any atom is 0.235 e. The molecule has 0 aromatic heterocycles. The number of nitrogens with zero attached hydrogens (tertiary/aromatic N) is 1. The molecule has 2 aromatic carbocycles. The summed E-state index contributed by atoms with van der Waals surface area (Å²) in [6.07, 6.45) is 2.26. The standard InChI is InChI=1S/C16H14ClNO4/c1-21-16-10-12(8-9-18(19)20)6-7-15(16)22-11-13-4-2-3-5-14(13)17/h2-10H,11H2,1H3/b9-8+. The Hall–Kier alpha value is -2.53. The molecule has 0 fully saturated rings. The lowest BCUT2D eigenvalue weighted by molar-refractivity contribution is -0.400. The summed E-state index contributed by atoms with van der Waals surface area (Å²) in [7, 11) is 1.51. The Bertz CT molecular complexity index is 700. The Labute approximate surface area is 132 Å². The second-order valence-electron chi connectivity index (χ2n) is 4.39. The lowest BCUT2D eigenvalue weighted by Gasteiger charge is -2.12. The van der Waals surface area contributed by atoms with Gasteiger partial charge in [-0.3, -0.25) is 10.1 Å². The summed E-state index contributed by atoms with van der Waals surface area (Å²) in [5.74, 6) is 1.04. The number of hydrogen-bond donors (Lipinski definition) is 0. The van der Waals surface area contributed by atoms with Crippen molar-refractivity contribution >= 4 is 17.7 Å². The summed E-state index contributed by atoms with van der Waals surface area (Å²) in [5.41, 5.74) is 1.52. The fourth-order valence-electron chi connectivity index (χ4n) is 1.82. The van der Waals surface area contributed by atoms with Crippen molar-refractivity contribution in [1.82, 2.24) is 0 Å². The first-order valence-electron chi connectivity index (χ1n) is 6.46. The van der Waals surface area contributed by atoms with E-state index < -0.39 is 4.92 Å². The highest BCUT2D eigenvalue weighted by atomic mass is 35.5. The van der Waals surface area contributed by atoms with Crippen molar-refractivity contribution in [3.05, 3.63) is 74.9 Å². The normalized spacial score (nSPS) is 10.6. The Morgan fingerprint density at radius 2 is 2.00 bits per heavy atom. The highest BCUT2D eigenvalue weighted by molar-refractivity contribution is 6.31. The molecule has 0 aliphatic carbocycles. The molecule has 0 saturated heterocycles. The summed E-state index contributed by atoms with van der Waals surface area (Å²) >= 11 is 6.08. The van der Waals surface area contributed by atoms with Gasteiger partial charge in [0.05, 0.1) is 12.0 Å². The van der Waals surface area contributed by atoms with Crippen LogP contribution in [0.5, 0.6) is 11.5 Å². The highest BCUT2D eigenvalue weighted by Crippen LogP contribution is 2.30. The first kappa shape index (κ1) is 15.9. The van der Waals surface area contributed by atoms with Gasteiger partial charge in [0.2, 0.25) is 6.20 Å². The highest BCUT2D eigenvalue weighted by Gasteiger charge is 2.07. The predicted molar refractivity (Wildman–Crippen MR) is 84.8 cm³/mol. The molecule has 0 amide bonds. The van der Waals surface area contributed by atoms with Gasteiger partial charge in [-0.2, -0.15) is 0 Å². The van der Waals surface area contributed by atoms with E-state index in [1.807, 2.05) is 18.2 Å². The number of benzene rings is 2. The van der Waals surface area contributed by atoms with Crippen molar-refractivity contribution < 1.29 is 14.4 Å². The second kappa shape index (κ2) is 7.47. The average molecular weight is 320 g/mol. The molecule has 22 heavy (non-hydrogen) atoms. The number of rotatable bonds is 6. The van der Waals surface area contributed by atoms with Crippen molar-refractivity contribution in [2.75, 3.05) is 7.11 Å². The molecule has 0 heterocycles. The van der Waals surface area contributed by atoms with E-state index in [4.69, 9.17) is 21.1 Å². The van der Waals surface area contributed by atoms with Gasteiger partial charge in [-0.1, -0.05) is 35.9 Å². The third-order valence-electron chi connectivity index (χ3n) is 2.92. The van der Waals surface area contributed by atoms with Crippen LogP contribution in [0.4, 0.5) is 0 Å². The molecule has 0 radical (unpaired) electrons. The summed E-state index contributed by atoms with van der Waals surface area (Å²) in [6, 6.07) is 12.5. The topological polar surface area (TPSA) is 61.6 Å². The molecule has 0 bridgehead atoms. The van der Waals surface area contributed by atoms with Crippen molar-refractivity contribution in [1.29, 1.82) is 0 Å². The Balaban J connectivity index is 2.14. The molecule has 0 atom stereocenters. The van der Waals surface area contributed by atoms with E-state index in [0.29, 0.717) is 28.7 Å². The van der Waals surface area contributed by atoms with Gasteiger partial charge in [0.25, 0.3) is 0 Å². The van der Waals surface area contributed by atoms with Crippen LogP contribution in [0.2, 0.25) is 5.02 Å². The van der Waals surface area contributed by atoms with Crippen LogP contribution in [0.3, 0.4) is 0 Å². The Morgan fingerprint density at radius 1 is 1.23 bits per heavy atom. The molecular weight excluding hydrogens is 306 g/mol. The van der Waals surface area contributed by atoms with Gasteiger partial charge in [-0.25, -0.2) is 0 Å². The zero-order valence-electron chi connectivity index (χ0n) is 11.9. The maximum atomic E-state index is 10.3. The monoisotopic (exact) mass is 319 g/mol. The average Bonchev–Trinajstić information content (AvgIpc) is 2.52. The second-order valence-corrected chi connectivity index (χ2v) is 4.80. The van der Waals surface area contributed by atoms with Crippen LogP contribution in [0.1, 0.15) is 11.1 Å². The maximum absolute atomic E-state index is 10.3. The number of nitro groups is 1. The zero-order chi connectivity index (χ0) is 15.9. The van der Waals surface area contributed by atoms with Crippen LogP contribution in [0.25, 0.3) is 6.08 Å². The smallest absolute Gasteiger partial charge is 0.235 e. The lowest BCUT2D eigenvalue weighted by atomic mass is 10.2. The molecule has 2 aromatic rings. The third-order valence-corrected chi connectivity index (χ3v) is 3.29. The van der Waals surface area contributed by atoms with Crippen LogP contribution < -0.4 is 9.47 Å². The van der Waals surface area contributed by atoms with Gasteiger partial charge < -0.3 is 9.47 Å². The summed E-state index contributed by atoms with van der Waals surface area (Å²) < 4.78 is 11.0. The van der Waals surface area contributed by atoms with Crippen molar-refractivity contribution in [2.45, 2.75) is 6.61 Å². The summed E-state index contributed by atoms with van der Waals surface area (Å²) in [5, 5.41) is 11.0. The lowest BCUT2D eigenvalue weighted by Crippen LogP contribution is -1.98. The first-order chi connectivity index (χ1) is 10.6. The molecule has 0 saturated carbocycles. The van der Waals surface area contributed by atoms with Crippen LogP contribution in [-0.2, 0) is 6.61 Å². The van der Waals surface area contributed by atoms with Crippen molar-refractivity contribution in [3.8, 4) is 11.5 Å². The minimum atomic E-state index is -0.520. The molecule has 0 N–H and O–H groups in total. The van der Waals surface area contributed by atoms with Gasteiger partial charge >= 0.3 is 0 Å². The molecule has 0 aliphatic heterocycles. The molecule has 5 nitrogen and oxygen atoms in total. The van der Waals surface area contributed by atoms with Crippen LogP contribution in [0.15, 0.2) is 48.7 Å². The molecule has 0 spiro atoms. The summed E-state index contributed by atoms with van der Waals surface area (Å²) in [4.78, 5) is 9.82. The Kier molecular flexibility index (Phi) is 5.38. The van der Waals surface area contributed by atoms with E-state index >= 15 is 0 Å². The Morgan fingerprint density at radius 3 is 2.68 bits per heavy atom. The van der Waals surface area contributed by atoms with Gasteiger partial charge in [0, 0.05) is 16.7 Å². The number of ether oxygens (including phenoxy) is 2. The molecule has 2 rings (SSSR count). The zero-order valence-corrected chi connectivity index (χ0v) is 12.6. The van der Waals surface area contributed by atoms with E-state index in [9.17, 15) is 10.1 Å². The van der Waals surface area contributed by atoms with Gasteiger partial charge in [0.15, 0.2) is 11.5 Å². The number of hydrogen-bond acceptors (Lipinski definition) is 4. The molecule has 0 unspecified atom stereocenters. The molecule has 0 aliphatic rings. The fourth-order valence-corrected chi connectivity index (χ4v) is 2.02. The van der Waals surface area contributed by atoms with Crippen LogP contribution >= 0.6 is 11.6 Å². The number of methoxy groups -OCH3 is 1. The van der Waals surface area contributed by atoms with E-state index in [1.54, 1.807) is 24.3 Å². The largest absolute Gasteiger partial charge is 0.493 e. The minimum Gasteiger partial charge on any atom is -0.493 e. The van der Waals surface area contributed by atoms with E-state index in [-0.39, 0.29) is 0 Å². The SMILES string of the molecule is COc1cc(/C=C/[N+](=O)[O-])ccc1OCc1ccccc1Cl. The van der Waals surface area contributed by atoms with Gasteiger partial charge in [0.1, 0.15) is 6.61 Å². The van der Waals surface area contributed by atoms with Gasteiger partial charge in [-0.05, 0) is 23.8 Å². The predicted octanol–water partition coefficient (Wildman–Crippen LogP) is 4.18. The van der Waals surface area contributed by atoms with Crippen LogP contribution in [0, 0.1) is 10.1 Å². The molecular formula is C16H14ClNO4. The van der Waals surface area contributed by atoms with E-state index in [1.165, 1.54) is 13.2 Å². The quantitative estimate of drug-likeness (QED) is 0.592. The van der Waals surface area contributed by atoms with E-state index in [2.05, 4.69) is 0 Å². The van der Waals surface area contributed by atoms with Crippen molar-refractivity contribution in [3.63, 3.8) is 0 Å². The van der Waals surface area contributed by atoms with Crippen molar-refractivity contribution in [2.24, 2.45) is 0 Å². The minimum absolute atomic E-state index is 0.306. The number of halogens is 1. The molecule has 6 heteroatoms. The van der Waals surface area contributed by atoms with E-state index in [0.717, 1.165) is 11.8 Å². The van der Waals surface area contributed by atoms with Gasteiger partial charge in [-0.15, -0.1) is 0 Å². The third kappa shape index (κ3) is 4.23. The first-order valence-corrected chi connectivity index (χ1v) is 6.84. The summed E-state index contributed by atoms with van der Waals surface area (Å²) in [6.45, 7) is 0.306. The molecule has 114 valence electrons.